The molecule has 0 amide bonds. The average Bonchev–Trinajstić information content (AvgIpc) is 2.83. The highest BCUT2D eigenvalue weighted by molar-refractivity contribution is 7.92. The van der Waals surface area contributed by atoms with Crippen LogP contribution in [-0.2, 0) is 10.0 Å². The van der Waals surface area contributed by atoms with Crippen molar-refractivity contribution in [1.29, 1.82) is 0 Å². The summed E-state index contributed by atoms with van der Waals surface area (Å²) in [6.07, 6.45) is 3.98. The maximum absolute atomic E-state index is 11.7. The molecule has 1 aliphatic carbocycles. The van der Waals surface area contributed by atoms with E-state index in [0.717, 1.165) is 32.2 Å². The van der Waals surface area contributed by atoms with Crippen molar-refractivity contribution in [1.82, 2.24) is 15.5 Å². The van der Waals surface area contributed by atoms with Crippen LogP contribution in [0.25, 0.3) is 0 Å². The fourth-order valence-electron chi connectivity index (χ4n) is 2.08. The summed E-state index contributed by atoms with van der Waals surface area (Å²) in [7, 11) is -3.35. The van der Waals surface area contributed by atoms with Crippen molar-refractivity contribution in [3.05, 3.63) is 5.89 Å². The van der Waals surface area contributed by atoms with E-state index in [2.05, 4.69) is 20.2 Å². The minimum atomic E-state index is -3.35. The third-order valence-electron chi connectivity index (χ3n) is 3.19. The number of aromatic nitrogens is 2. The van der Waals surface area contributed by atoms with Gasteiger partial charge >= 0.3 is 6.01 Å². The second-order valence-corrected chi connectivity index (χ2v) is 6.69. The number of nitrogens with zero attached hydrogens (tertiary/aromatic N) is 2. The Labute approximate surface area is 105 Å². The minimum absolute atomic E-state index is 0.0284. The van der Waals surface area contributed by atoms with E-state index in [1.54, 1.807) is 0 Å². The van der Waals surface area contributed by atoms with E-state index < -0.39 is 10.0 Å². The highest BCUT2D eigenvalue weighted by Crippen LogP contribution is 2.30. The highest BCUT2D eigenvalue weighted by Gasteiger charge is 2.29. The molecule has 0 aromatic carbocycles. The Morgan fingerprint density at radius 3 is 2.83 bits per heavy atom. The molecule has 0 spiro atoms. The smallest absolute Gasteiger partial charge is 0.329 e. The van der Waals surface area contributed by atoms with Crippen LogP contribution in [0.4, 0.5) is 6.01 Å². The maximum atomic E-state index is 11.7. The van der Waals surface area contributed by atoms with Gasteiger partial charge < -0.3 is 9.73 Å². The number of sulfonamides is 1. The topological polar surface area (TPSA) is 97.1 Å². The van der Waals surface area contributed by atoms with E-state index in [1.807, 2.05) is 0 Å². The molecule has 2 fully saturated rings. The summed E-state index contributed by atoms with van der Waals surface area (Å²) in [6, 6.07) is 0.0264. The summed E-state index contributed by atoms with van der Waals surface area (Å²) in [4.78, 5) is 0. The van der Waals surface area contributed by atoms with Crippen molar-refractivity contribution in [3.8, 4) is 0 Å². The van der Waals surface area contributed by atoms with Gasteiger partial charge in [-0.1, -0.05) is 5.10 Å². The van der Waals surface area contributed by atoms with Gasteiger partial charge in [0.2, 0.25) is 15.9 Å². The second kappa shape index (κ2) is 4.51. The molecule has 1 atom stereocenters. The van der Waals surface area contributed by atoms with Gasteiger partial charge in [-0.2, -0.15) is 0 Å². The summed E-state index contributed by atoms with van der Waals surface area (Å²) >= 11 is 0. The molecule has 1 saturated heterocycles. The van der Waals surface area contributed by atoms with Gasteiger partial charge in [-0.05, 0) is 38.1 Å². The van der Waals surface area contributed by atoms with Crippen molar-refractivity contribution < 1.29 is 12.8 Å². The second-order valence-electron chi connectivity index (χ2n) is 4.92. The molecule has 3 rings (SSSR count). The lowest BCUT2D eigenvalue weighted by Crippen LogP contribution is -2.18. The van der Waals surface area contributed by atoms with Crippen LogP contribution in [0, 0.1) is 5.92 Å². The fraction of sp³-hybridized carbons (Fsp3) is 0.800. The van der Waals surface area contributed by atoms with Crippen LogP contribution in [0.5, 0.6) is 0 Å². The van der Waals surface area contributed by atoms with Crippen molar-refractivity contribution in [2.45, 2.75) is 31.7 Å². The van der Waals surface area contributed by atoms with Crippen LogP contribution >= 0.6 is 0 Å². The van der Waals surface area contributed by atoms with Gasteiger partial charge in [-0.25, -0.2) is 13.1 Å². The maximum Gasteiger partial charge on any atom is 0.329 e. The molecule has 1 aromatic rings. The van der Waals surface area contributed by atoms with Crippen LogP contribution in [0.3, 0.4) is 0 Å². The SMILES string of the molecule is O=S(=O)(CC1CC1)Nc1nnc(C2CCCN2)o1. The quantitative estimate of drug-likeness (QED) is 0.816. The standard InChI is InChI=1S/C10H16N4O3S/c15-18(16,6-7-3-4-7)14-10-13-12-9(17-10)8-2-1-5-11-8/h7-8,11H,1-6H2,(H,13,14). The highest BCUT2D eigenvalue weighted by atomic mass is 32.2. The van der Waals surface area contributed by atoms with Gasteiger partial charge in [0, 0.05) is 0 Å². The predicted molar refractivity (Wildman–Crippen MR) is 64.4 cm³/mol. The summed E-state index contributed by atoms with van der Waals surface area (Å²) in [5.41, 5.74) is 0. The van der Waals surface area contributed by atoms with E-state index in [0.29, 0.717) is 11.8 Å². The molecule has 1 unspecified atom stereocenters. The molecule has 2 heterocycles. The molecule has 7 nitrogen and oxygen atoms in total. The number of anilines is 1. The number of hydrogen-bond donors (Lipinski definition) is 2. The molecular formula is C10H16N4O3S. The predicted octanol–water partition coefficient (Wildman–Crippen LogP) is 0.646. The molecule has 100 valence electrons. The Balaban J connectivity index is 1.65. The van der Waals surface area contributed by atoms with Crippen LogP contribution in [0.15, 0.2) is 4.42 Å². The van der Waals surface area contributed by atoms with Gasteiger partial charge in [0.15, 0.2) is 0 Å². The lowest BCUT2D eigenvalue weighted by atomic mass is 10.2. The summed E-state index contributed by atoms with van der Waals surface area (Å²) in [5, 5.41) is 10.8. The number of rotatable bonds is 5. The number of nitrogens with one attached hydrogen (secondary N) is 2. The third-order valence-corrected chi connectivity index (χ3v) is 4.59. The molecule has 0 radical (unpaired) electrons. The first-order valence-electron chi connectivity index (χ1n) is 6.20. The Hall–Kier alpha value is -1.15. The first-order chi connectivity index (χ1) is 8.62. The van der Waals surface area contributed by atoms with E-state index in [9.17, 15) is 8.42 Å². The van der Waals surface area contributed by atoms with Crippen molar-refractivity contribution in [2.24, 2.45) is 5.92 Å². The van der Waals surface area contributed by atoms with Crippen LogP contribution in [0.1, 0.15) is 37.6 Å². The summed E-state index contributed by atoms with van der Waals surface area (Å²) in [6.45, 7) is 0.926. The largest absolute Gasteiger partial charge is 0.406 e. The first kappa shape index (κ1) is 11.9. The lowest BCUT2D eigenvalue weighted by molar-refractivity contribution is 0.439. The fourth-order valence-corrected chi connectivity index (χ4v) is 3.47. The van der Waals surface area contributed by atoms with Crippen LogP contribution in [-0.4, -0.2) is 30.9 Å². The van der Waals surface area contributed by atoms with Gasteiger partial charge in [-0.3, -0.25) is 0 Å². The molecular weight excluding hydrogens is 256 g/mol. The molecule has 1 aliphatic heterocycles. The van der Waals surface area contributed by atoms with Gasteiger partial charge in [0.1, 0.15) is 0 Å². The Morgan fingerprint density at radius 2 is 2.17 bits per heavy atom. The molecule has 1 aromatic heterocycles. The molecule has 2 aliphatic rings. The van der Waals surface area contributed by atoms with Gasteiger partial charge in [-0.15, -0.1) is 5.10 Å². The zero-order valence-corrected chi connectivity index (χ0v) is 10.7. The minimum Gasteiger partial charge on any atom is -0.406 e. The zero-order valence-electron chi connectivity index (χ0n) is 9.92. The van der Waals surface area contributed by atoms with Gasteiger partial charge in [0.25, 0.3) is 0 Å². The van der Waals surface area contributed by atoms with E-state index in [4.69, 9.17) is 4.42 Å². The Kier molecular flexibility index (Phi) is 2.98. The van der Waals surface area contributed by atoms with Gasteiger partial charge in [0.05, 0.1) is 11.8 Å². The van der Waals surface area contributed by atoms with E-state index in [1.165, 1.54) is 0 Å². The summed E-state index contributed by atoms with van der Waals surface area (Å²) < 4.78 is 31.1. The van der Waals surface area contributed by atoms with Crippen molar-refractivity contribution in [3.63, 3.8) is 0 Å². The lowest BCUT2D eigenvalue weighted by Gasteiger charge is -2.03. The molecule has 0 bridgehead atoms. The van der Waals surface area contributed by atoms with E-state index in [-0.39, 0.29) is 17.8 Å². The van der Waals surface area contributed by atoms with Crippen molar-refractivity contribution >= 4 is 16.0 Å². The molecule has 18 heavy (non-hydrogen) atoms. The molecule has 8 heteroatoms. The van der Waals surface area contributed by atoms with Crippen LogP contribution < -0.4 is 10.0 Å². The van der Waals surface area contributed by atoms with Crippen LogP contribution in [0.2, 0.25) is 0 Å². The normalized spacial score (nSPS) is 24.3. The molecule has 1 saturated carbocycles. The zero-order chi connectivity index (χ0) is 12.6. The first-order valence-corrected chi connectivity index (χ1v) is 7.85. The van der Waals surface area contributed by atoms with E-state index >= 15 is 0 Å². The average molecular weight is 272 g/mol. The Bertz CT molecular complexity index is 517. The number of hydrogen-bond acceptors (Lipinski definition) is 6. The summed E-state index contributed by atoms with van der Waals surface area (Å²) in [5.74, 6) is 0.893. The monoisotopic (exact) mass is 272 g/mol. The molecule has 2 N–H and O–H groups in total. The Morgan fingerprint density at radius 1 is 1.33 bits per heavy atom. The third kappa shape index (κ3) is 2.81. The van der Waals surface area contributed by atoms with Crippen molar-refractivity contribution in [2.75, 3.05) is 17.0 Å².